The number of rotatable bonds is 8. The number of unbranched alkanes of at least 4 members (excludes halogenated alkanes) is 2. The van der Waals surface area contributed by atoms with E-state index in [0.717, 1.165) is 25.8 Å². The van der Waals surface area contributed by atoms with Crippen LogP contribution in [-0.2, 0) is 4.79 Å². The number of aliphatic carboxylic acids is 1. The lowest BCUT2D eigenvalue weighted by Crippen LogP contribution is -2.29. The maximum atomic E-state index is 10.3. The minimum absolute atomic E-state index is 0.528. The Morgan fingerprint density at radius 1 is 1.50 bits per heavy atom. The topological polar surface area (TPSA) is 114 Å². The van der Waals surface area contributed by atoms with Crippen LogP contribution in [0, 0.1) is 0 Å². The van der Waals surface area contributed by atoms with Crippen molar-refractivity contribution in [2.45, 2.75) is 31.7 Å². The van der Waals surface area contributed by atoms with Gasteiger partial charge in [0, 0.05) is 6.54 Å². The van der Waals surface area contributed by atoms with Crippen molar-refractivity contribution in [3.63, 3.8) is 0 Å². The number of hydrogen-bond acceptors (Lipinski definition) is 4. The summed E-state index contributed by atoms with van der Waals surface area (Å²) in [5.74, 6) is 3.94. The van der Waals surface area contributed by atoms with E-state index in [1.807, 2.05) is 0 Å². The van der Waals surface area contributed by atoms with Gasteiger partial charge in [0.05, 0.1) is 0 Å². The Labute approximate surface area is 83.3 Å². The lowest BCUT2D eigenvalue weighted by atomic mass is 10.1. The number of nitrogens with zero attached hydrogens (tertiary/aromatic N) is 1. The molecular formula is C8H18N4O2. The van der Waals surface area contributed by atoms with Gasteiger partial charge in [0.2, 0.25) is 0 Å². The quantitative estimate of drug-likeness (QED) is 0.139. The summed E-state index contributed by atoms with van der Waals surface area (Å²) in [5.41, 5.74) is 5.33. The minimum Gasteiger partial charge on any atom is -0.480 e. The molecule has 0 amide bonds. The number of carbonyl (C=O) groups is 1. The molecule has 0 aromatic heterocycles. The van der Waals surface area contributed by atoms with Gasteiger partial charge in [0.25, 0.3) is 0 Å². The number of carboxylic acid groups (broad SMARTS) is 1. The Balaban J connectivity index is 3.17. The minimum atomic E-state index is -0.932. The molecule has 6 N–H and O–H groups in total. The first-order valence-corrected chi connectivity index (χ1v) is 4.62. The molecule has 0 aromatic carbocycles. The van der Waals surface area contributed by atoms with E-state index in [4.69, 9.17) is 16.7 Å². The van der Waals surface area contributed by atoms with Crippen molar-refractivity contribution >= 4 is 12.3 Å². The number of carboxylic acids is 1. The standard InChI is InChI=1S/C8H18N4O2/c9-7(8(13)14)4-2-1-3-5-11-6-12-10/h6-7H,1-5,9-10H2,(H,11,12)(H,13,14). The zero-order valence-corrected chi connectivity index (χ0v) is 8.15. The van der Waals surface area contributed by atoms with Gasteiger partial charge in [-0.05, 0) is 12.8 Å². The highest BCUT2D eigenvalue weighted by molar-refractivity contribution is 5.72. The molecule has 0 saturated heterocycles. The fraction of sp³-hybridized carbons (Fsp3) is 0.750. The Morgan fingerprint density at radius 3 is 2.79 bits per heavy atom. The second-order valence-corrected chi connectivity index (χ2v) is 3.03. The van der Waals surface area contributed by atoms with Gasteiger partial charge in [0.1, 0.15) is 12.4 Å². The first kappa shape index (κ1) is 12.7. The first-order valence-electron chi connectivity index (χ1n) is 4.62. The molecule has 0 aromatic rings. The first-order chi connectivity index (χ1) is 6.68. The molecule has 1 atom stereocenters. The summed E-state index contributed by atoms with van der Waals surface area (Å²) in [6.07, 6.45) is 4.70. The number of nitrogens with one attached hydrogen (secondary N) is 1. The Morgan fingerprint density at radius 2 is 2.21 bits per heavy atom. The van der Waals surface area contributed by atoms with Gasteiger partial charge in [-0.3, -0.25) is 4.79 Å². The second kappa shape index (κ2) is 8.31. The van der Waals surface area contributed by atoms with E-state index in [9.17, 15) is 4.79 Å². The van der Waals surface area contributed by atoms with Gasteiger partial charge in [-0.15, -0.1) is 0 Å². The molecule has 0 aliphatic heterocycles. The average Bonchev–Trinajstić information content (AvgIpc) is 2.16. The van der Waals surface area contributed by atoms with Crippen LogP contribution in [0.2, 0.25) is 0 Å². The van der Waals surface area contributed by atoms with E-state index >= 15 is 0 Å². The van der Waals surface area contributed by atoms with Crippen LogP contribution in [0.3, 0.4) is 0 Å². The molecule has 0 spiro atoms. The van der Waals surface area contributed by atoms with Crippen molar-refractivity contribution in [3.8, 4) is 0 Å². The summed E-state index contributed by atoms with van der Waals surface area (Å²) in [7, 11) is 0. The highest BCUT2D eigenvalue weighted by atomic mass is 16.4. The number of hydrazone groups is 1. The molecule has 0 heterocycles. The van der Waals surface area contributed by atoms with Crippen molar-refractivity contribution in [2.24, 2.45) is 16.7 Å². The van der Waals surface area contributed by atoms with Gasteiger partial charge >= 0.3 is 5.97 Å². The normalized spacial score (nSPS) is 12.9. The predicted molar refractivity (Wildman–Crippen MR) is 54.8 cm³/mol. The van der Waals surface area contributed by atoms with Crippen LogP contribution in [0.1, 0.15) is 25.7 Å². The average molecular weight is 202 g/mol. The SMILES string of the molecule is NN=CNCCCCCC(N)C(=O)O. The van der Waals surface area contributed by atoms with E-state index in [1.54, 1.807) is 0 Å². The van der Waals surface area contributed by atoms with Crippen molar-refractivity contribution in [1.29, 1.82) is 0 Å². The number of nitrogens with two attached hydrogens (primary N) is 2. The molecular weight excluding hydrogens is 184 g/mol. The largest absolute Gasteiger partial charge is 0.480 e. The summed E-state index contributed by atoms with van der Waals surface area (Å²) in [5, 5.41) is 14.6. The Hall–Kier alpha value is -1.30. The monoisotopic (exact) mass is 202 g/mol. The number of hydrogen-bond donors (Lipinski definition) is 4. The molecule has 1 unspecified atom stereocenters. The zero-order chi connectivity index (χ0) is 10.8. The van der Waals surface area contributed by atoms with Crippen LogP contribution in [0.5, 0.6) is 0 Å². The van der Waals surface area contributed by atoms with Gasteiger partial charge in [-0.25, -0.2) is 0 Å². The molecule has 6 nitrogen and oxygen atoms in total. The zero-order valence-electron chi connectivity index (χ0n) is 8.15. The van der Waals surface area contributed by atoms with Crippen LogP contribution < -0.4 is 16.9 Å². The highest BCUT2D eigenvalue weighted by Gasteiger charge is 2.09. The van der Waals surface area contributed by atoms with Crippen molar-refractivity contribution in [2.75, 3.05) is 6.54 Å². The smallest absolute Gasteiger partial charge is 0.320 e. The molecule has 0 fully saturated rings. The fourth-order valence-electron chi connectivity index (χ4n) is 1.01. The molecule has 14 heavy (non-hydrogen) atoms. The summed E-state index contributed by atoms with van der Waals surface area (Å²) in [4.78, 5) is 10.3. The summed E-state index contributed by atoms with van der Waals surface area (Å²) in [6, 6.07) is -0.728. The van der Waals surface area contributed by atoms with Gasteiger partial charge in [-0.1, -0.05) is 12.8 Å². The van der Waals surface area contributed by atoms with Crippen LogP contribution in [0.25, 0.3) is 0 Å². The molecule has 0 saturated carbocycles. The van der Waals surface area contributed by atoms with Gasteiger partial charge in [0.15, 0.2) is 0 Å². The highest BCUT2D eigenvalue weighted by Crippen LogP contribution is 2.01. The van der Waals surface area contributed by atoms with Gasteiger partial charge in [-0.2, -0.15) is 5.10 Å². The third kappa shape index (κ3) is 7.35. The molecule has 0 bridgehead atoms. The van der Waals surface area contributed by atoms with Crippen molar-refractivity contribution < 1.29 is 9.90 Å². The molecule has 0 rings (SSSR count). The van der Waals surface area contributed by atoms with Crippen molar-refractivity contribution in [3.05, 3.63) is 0 Å². The van der Waals surface area contributed by atoms with E-state index in [-0.39, 0.29) is 0 Å². The van der Waals surface area contributed by atoms with E-state index in [1.165, 1.54) is 6.34 Å². The second-order valence-electron chi connectivity index (χ2n) is 3.03. The summed E-state index contributed by atoms with van der Waals surface area (Å²) >= 11 is 0. The molecule has 0 radical (unpaired) electrons. The van der Waals surface area contributed by atoms with E-state index < -0.39 is 12.0 Å². The van der Waals surface area contributed by atoms with E-state index in [0.29, 0.717) is 6.42 Å². The lowest BCUT2D eigenvalue weighted by molar-refractivity contribution is -0.138. The fourth-order valence-corrected chi connectivity index (χ4v) is 1.01. The molecule has 6 heteroatoms. The Bertz CT molecular complexity index is 184. The van der Waals surface area contributed by atoms with Gasteiger partial charge < -0.3 is 22.0 Å². The van der Waals surface area contributed by atoms with Crippen molar-refractivity contribution in [1.82, 2.24) is 5.32 Å². The van der Waals surface area contributed by atoms with Crippen LogP contribution >= 0.6 is 0 Å². The molecule has 0 aliphatic rings. The lowest BCUT2D eigenvalue weighted by Gasteiger charge is -2.05. The third-order valence-electron chi connectivity index (χ3n) is 1.82. The van der Waals surface area contributed by atoms with Crippen LogP contribution in [-0.4, -0.2) is 30.0 Å². The van der Waals surface area contributed by atoms with Crippen LogP contribution in [0.15, 0.2) is 5.10 Å². The van der Waals surface area contributed by atoms with E-state index in [2.05, 4.69) is 10.4 Å². The maximum Gasteiger partial charge on any atom is 0.320 e. The Kier molecular flexibility index (Phi) is 7.53. The summed E-state index contributed by atoms with van der Waals surface area (Å²) in [6.45, 7) is 0.795. The third-order valence-corrected chi connectivity index (χ3v) is 1.82. The maximum absolute atomic E-state index is 10.3. The summed E-state index contributed by atoms with van der Waals surface area (Å²) < 4.78 is 0. The predicted octanol–water partition coefficient (Wildman–Crippen LogP) is -0.550. The molecule has 0 aliphatic carbocycles. The molecule has 82 valence electrons. The van der Waals surface area contributed by atoms with Crippen LogP contribution in [0.4, 0.5) is 0 Å².